The Bertz CT molecular complexity index is 670. The fourth-order valence-corrected chi connectivity index (χ4v) is 2.96. The van der Waals surface area contributed by atoms with Crippen molar-refractivity contribution in [2.75, 3.05) is 7.11 Å². The summed E-state index contributed by atoms with van der Waals surface area (Å²) in [7, 11) is 1.56. The lowest BCUT2D eigenvalue weighted by Gasteiger charge is -2.38. The second kappa shape index (κ2) is 6.96. The summed E-state index contributed by atoms with van der Waals surface area (Å²) in [4.78, 5) is 27.7. The highest BCUT2D eigenvalue weighted by Gasteiger charge is 2.36. The predicted octanol–water partition coefficient (Wildman–Crippen LogP) is 0.284. The minimum atomic E-state index is -0.334. The largest absolute Gasteiger partial charge is 0.495 e. The minimum Gasteiger partial charge on any atom is -0.495 e. The van der Waals surface area contributed by atoms with Gasteiger partial charge in [0.1, 0.15) is 11.5 Å². The molecule has 1 aromatic rings. The first-order valence-corrected chi connectivity index (χ1v) is 7.90. The molecule has 8 nitrogen and oxygen atoms in total. The first-order chi connectivity index (χ1) is 11.6. The molecule has 0 spiro atoms. The van der Waals surface area contributed by atoms with E-state index in [4.69, 9.17) is 4.74 Å². The fraction of sp³-hybridized carbons (Fsp3) is 0.500. The number of carbonyl (C=O) groups excluding carboxylic acids is 2. The molecule has 0 unspecified atom stereocenters. The third-order valence-electron chi connectivity index (χ3n) is 4.40. The summed E-state index contributed by atoms with van der Waals surface area (Å²) >= 11 is 0. The van der Waals surface area contributed by atoms with Gasteiger partial charge in [-0.2, -0.15) is 5.10 Å². The van der Waals surface area contributed by atoms with Crippen LogP contribution in [0.2, 0.25) is 0 Å². The second-order valence-electron chi connectivity index (χ2n) is 6.09. The van der Waals surface area contributed by atoms with E-state index in [1.807, 2.05) is 6.07 Å². The van der Waals surface area contributed by atoms with Gasteiger partial charge in [-0.15, -0.1) is 0 Å². The van der Waals surface area contributed by atoms with Gasteiger partial charge in [0.15, 0.2) is 0 Å². The summed E-state index contributed by atoms with van der Waals surface area (Å²) in [6.45, 7) is 0. The number of carbonyl (C=O) groups is 2. The van der Waals surface area contributed by atoms with Gasteiger partial charge >= 0.3 is 0 Å². The van der Waals surface area contributed by atoms with Gasteiger partial charge in [-0.25, -0.2) is 5.43 Å². The Morgan fingerprint density at radius 2 is 2.21 bits per heavy atom. The number of rotatable bonds is 5. The van der Waals surface area contributed by atoms with E-state index in [2.05, 4.69) is 20.8 Å². The summed E-state index contributed by atoms with van der Waals surface area (Å²) in [5.41, 5.74) is 3.45. The number of pyridine rings is 1. The van der Waals surface area contributed by atoms with Crippen molar-refractivity contribution < 1.29 is 19.4 Å². The van der Waals surface area contributed by atoms with Crippen molar-refractivity contribution in [3.05, 3.63) is 24.0 Å². The standard InChI is InChI=1S/C16H20N4O4/c1-24-12-6-10(7-17-8-12)15(9-4-11(21)5-9)18-16(23)13-2-3-14(22)20-19-13/h6-9,11,15,21H,2-5H2,1H3,(H,18,23)(H,20,22)/t9?,11?,15-/m0/s1. The summed E-state index contributed by atoms with van der Waals surface area (Å²) in [5, 5.41) is 16.4. The number of hydrogen-bond acceptors (Lipinski definition) is 6. The van der Waals surface area contributed by atoms with E-state index in [9.17, 15) is 14.7 Å². The molecule has 0 aromatic carbocycles. The van der Waals surface area contributed by atoms with Crippen molar-refractivity contribution in [2.45, 2.75) is 37.8 Å². The maximum Gasteiger partial charge on any atom is 0.267 e. The topological polar surface area (TPSA) is 113 Å². The lowest BCUT2D eigenvalue weighted by Crippen LogP contribution is -2.44. The number of hydrazone groups is 1. The molecule has 1 aliphatic heterocycles. The predicted molar refractivity (Wildman–Crippen MR) is 85.2 cm³/mol. The van der Waals surface area contributed by atoms with E-state index in [0.717, 1.165) is 5.56 Å². The van der Waals surface area contributed by atoms with E-state index in [1.54, 1.807) is 19.5 Å². The van der Waals surface area contributed by atoms with Crippen molar-refractivity contribution in [1.29, 1.82) is 0 Å². The van der Waals surface area contributed by atoms with E-state index in [1.165, 1.54) is 0 Å². The maximum atomic E-state index is 12.5. The van der Waals surface area contributed by atoms with Crippen molar-refractivity contribution in [3.8, 4) is 5.75 Å². The molecule has 1 aromatic heterocycles. The molecule has 2 aliphatic rings. The number of amides is 2. The lowest BCUT2D eigenvalue weighted by molar-refractivity contribution is -0.121. The third kappa shape index (κ3) is 3.53. The van der Waals surface area contributed by atoms with Crippen LogP contribution in [0.4, 0.5) is 0 Å². The summed E-state index contributed by atoms with van der Waals surface area (Å²) in [5.74, 6) is 0.219. The number of nitrogens with zero attached hydrogens (tertiary/aromatic N) is 2. The average molecular weight is 332 g/mol. The smallest absolute Gasteiger partial charge is 0.267 e. The van der Waals surface area contributed by atoms with E-state index in [0.29, 0.717) is 30.7 Å². The second-order valence-corrected chi connectivity index (χ2v) is 6.09. The molecule has 24 heavy (non-hydrogen) atoms. The molecule has 0 saturated heterocycles. The Kier molecular flexibility index (Phi) is 4.75. The average Bonchev–Trinajstić information content (AvgIpc) is 2.57. The van der Waals surface area contributed by atoms with Crippen LogP contribution in [0.15, 0.2) is 23.6 Å². The Labute approximate surface area is 139 Å². The number of nitrogens with one attached hydrogen (secondary N) is 2. The Hall–Kier alpha value is -2.48. The Morgan fingerprint density at radius 1 is 1.42 bits per heavy atom. The summed E-state index contributed by atoms with van der Waals surface area (Å²) in [6, 6.07) is 1.54. The van der Waals surface area contributed by atoms with Gasteiger partial charge in [-0.3, -0.25) is 14.6 Å². The van der Waals surface area contributed by atoms with Crippen LogP contribution in [0, 0.1) is 5.92 Å². The normalized spacial score (nSPS) is 24.2. The van der Waals surface area contributed by atoms with Crippen molar-refractivity contribution in [2.24, 2.45) is 11.0 Å². The van der Waals surface area contributed by atoms with Gasteiger partial charge in [0.05, 0.1) is 25.5 Å². The van der Waals surface area contributed by atoms with Crippen LogP contribution in [0.1, 0.15) is 37.3 Å². The molecular weight excluding hydrogens is 312 g/mol. The zero-order valence-corrected chi connectivity index (χ0v) is 13.4. The third-order valence-corrected chi connectivity index (χ3v) is 4.40. The zero-order valence-electron chi connectivity index (χ0n) is 13.4. The van der Waals surface area contributed by atoms with Crippen molar-refractivity contribution in [1.82, 2.24) is 15.7 Å². The van der Waals surface area contributed by atoms with Crippen LogP contribution < -0.4 is 15.5 Å². The first-order valence-electron chi connectivity index (χ1n) is 7.90. The van der Waals surface area contributed by atoms with Gasteiger partial charge < -0.3 is 15.2 Å². The molecule has 2 amide bonds. The van der Waals surface area contributed by atoms with Crippen LogP contribution in [0.3, 0.4) is 0 Å². The minimum absolute atomic E-state index is 0.122. The van der Waals surface area contributed by atoms with Gasteiger partial charge in [-0.1, -0.05) is 0 Å². The molecule has 1 saturated carbocycles. The van der Waals surface area contributed by atoms with Gasteiger partial charge in [0.25, 0.3) is 5.91 Å². The number of methoxy groups -OCH3 is 1. The van der Waals surface area contributed by atoms with Crippen LogP contribution in [-0.2, 0) is 9.59 Å². The monoisotopic (exact) mass is 332 g/mol. The van der Waals surface area contributed by atoms with Gasteiger partial charge in [-0.05, 0) is 30.4 Å². The Morgan fingerprint density at radius 3 is 2.83 bits per heavy atom. The van der Waals surface area contributed by atoms with Crippen molar-refractivity contribution in [3.63, 3.8) is 0 Å². The highest BCUT2D eigenvalue weighted by molar-refractivity contribution is 6.39. The van der Waals surface area contributed by atoms with Crippen molar-refractivity contribution >= 4 is 17.5 Å². The molecule has 1 fully saturated rings. The number of aromatic nitrogens is 1. The molecule has 2 heterocycles. The molecule has 128 valence electrons. The Balaban J connectivity index is 1.77. The molecule has 8 heteroatoms. The van der Waals surface area contributed by atoms with E-state index >= 15 is 0 Å². The summed E-state index contributed by atoms with van der Waals surface area (Å²) in [6.07, 6.45) is 4.74. The van der Waals surface area contributed by atoms with Crippen LogP contribution in [-0.4, -0.2) is 40.8 Å². The van der Waals surface area contributed by atoms with Crippen LogP contribution in [0.25, 0.3) is 0 Å². The SMILES string of the molecule is COc1cncc([C@@H](NC(=O)C2=NNC(=O)CC2)C2CC(O)C2)c1. The molecule has 1 atom stereocenters. The van der Waals surface area contributed by atoms with Gasteiger partial charge in [0.2, 0.25) is 5.91 Å². The number of ether oxygens (including phenoxy) is 1. The van der Waals surface area contributed by atoms with Gasteiger partial charge in [0, 0.05) is 19.0 Å². The number of hydrogen-bond donors (Lipinski definition) is 3. The molecular formula is C16H20N4O4. The van der Waals surface area contributed by atoms with E-state index < -0.39 is 0 Å². The first kappa shape index (κ1) is 16.4. The quantitative estimate of drug-likeness (QED) is 0.717. The number of aliphatic hydroxyl groups is 1. The molecule has 3 N–H and O–H groups in total. The summed E-state index contributed by atoms with van der Waals surface area (Å²) < 4.78 is 5.19. The molecule has 0 radical (unpaired) electrons. The van der Waals surface area contributed by atoms with E-state index in [-0.39, 0.29) is 36.3 Å². The maximum absolute atomic E-state index is 12.5. The lowest BCUT2D eigenvalue weighted by atomic mass is 9.75. The molecule has 0 bridgehead atoms. The highest BCUT2D eigenvalue weighted by Crippen LogP contribution is 2.38. The molecule has 3 rings (SSSR count). The number of aliphatic hydroxyl groups excluding tert-OH is 1. The fourth-order valence-electron chi connectivity index (χ4n) is 2.96. The zero-order chi connectivity index (χ0) is 17.1. The molecule has 1 aliphatic carbocycles. The highest BCUT2D eigenvalue weighted by atomic mass is 16.5. The van der Waals surface area contributed by atoms with Crippen LogP contribution >= 0.6 is 0 Å². The van der Waals surface area contributed by atoms with Crippen LogP contribution in [0.5, 0.6) is 5.75 Å².